The molecular formula is C37H25NOSi. The van der Waals surface area contributed by atoms with Crippen LogP contribution in [-0.2, 0) is 0 Å². The van der Waals surface area contributed by atoms with Crippen molar-refractivity contribution in [3.05, 3.63) is 157 Å². The van der Waals surface area contributed by atoms with Crippen LogP contribution in [0, 0.1) is 11.3 Å². The molecule has 0 aliphatic carbocycles. The van der Waals surface area contributed by atoms with E-state index in [0.29, 0.717) is 5.56 Å². The Morgan fingerprint density at radius 3 is 1.75 bits per heavy atom. The Labute approximate surface area is 234 Å². The molecule has 0 N–H and O–H groups in total. The summed E-state index contributed by atoms with van der Waals surface area (Å²) in [6.45, 7) is 0. The first kappa shape index (κ1) is 23.9. The molecule has 3 heteroatoms. The highest BCUT2D eigenvalue weighted by atomic mass is 28.3. The normalized spacial score (nSPS) is 11.5. The summed E-state index contributed by atoms with van der Waals surface area (Å²) in [6.07, 6.45) is 0. The second-order valence-electron chi connectivity index (χ2n) is 10.1. The minimum absolute atomic E-state index is 0.662. The van der Waals surface area contributed by atoms with Gasteiger partial charge in [-0.25, -0.2) is 0 Å². The van der Waals surface area contributed by atoms with Crippen LogP contribution in [0.25, 0.3) is 33.1 Å². The first-order chi connectivity index (χ1) is 19.8. The molecule has 6 aromatic carbocycles. The molecule has 0 aliphatic rings. The van der Waals surface area contributed by atoms with Gasteiger partial charge in [0.15, 0.2) is 8.07 Å². The third-order valence-corrected chi connectivity index (χ3v) is 12.6. The molecule has 0 saturated heterocycles. The molecule has 0 radical (unpaired) electrons. The topological polar surface area (TPSA) is 36.9 Å². The predicted molar refractivity (Wildman–Crippen MR) is 167 cm³/mol. The number of hydrogen-bond donors (Lipinski definition) is 0. The van der Waals surface area contributed by atoms with Gasteiger partial charge in [0, 0.05) is 10.8 Å². The molecule has 0 saturated carbocycles. The maximum Gasteiger partial charge on any atom is 0.179 e. The first-order valence-electron chi connectivity index (χ1n) is 13.4. The monoisotopic (exact) mass is 527 g/mol. The lowest BCUT2D eigenvalue weighted by molar-refractivity contribution is 0.669. The number of rotatable bonds is 5. The van der Waals surface area contributed by atoms with Crippen LogP contribution < -0.4 is 20.7 Å². The largest absolute Gasteiger partial charge is 0.456 e. The Bertz CT molecular complexity index is 1980. The van der Waals surface area contributed by atoms with E-state index in [-0.39, 0.29) is 0 Å². The molecule has 0 atom stereocenters. The lowest BCUT2D eigenvalue weighted by Gasteiger charge is -2.34. The van der Waals surface area contributed by atoms with Crippen LogP contribution in [0.4, 0.5) is 0 Å². The highest BCUT2D eigenvalue weighted by Gasteiger charge is 2.41. The summed E-state index contributed by atoms with van der Waals surface area (Å²) >= 11 is 0. The summed E-state index contributed by atoms with van der Waals surface area (Å²) < 4.78 is 6.23. The number of benzene rings is 6. The van der Waals surface area contributed by atoms with Gasteiger partial charge < -0.3 is 4.42 Å². The van der Waals surface area contributed by atoms with Crippen molar-refractivity contribution in [3.8, 4) is 17.2 Å². The number of fused-ring (bicyclic) bond motifs is 3. The Hall–Kier alpha value is -5.17. The fourth-order valence-electron chi connectivity index (χ4n) is 6.04. The third-order valence-electron chi connectivity index (χ3n) is 7.84. The molecule has 7 aromatic rings. The fourth-order valence-corrected chi connectivity index (χ4v) is 10.8. The van der Waals surface area contributed by atoms with Crippen molar-refractivity contribution in [2.75, 3.05) is 0 Å². The van der Waals surface area contributed by atoms with Crippen LogP contribution in [0.5, 0.6) is 0 Å². The Morgan fingerprint density at radius 1 is 0.450 bits per heavy atom. The Kier molecular flexibility index (Phi) is 5.89. The first-order valence-corrected chi connectivity index (χ1v) is 15.4. The maximum absolute atomic E-state index is 9.53. The van der Waals surface area contributed by atoms with E-state index in [9.17, 15) is 5.26 Å². The van der Waals surface area contributed by atoms with Gasteiger partial charge in [-0.1, -0.05) is 127 Å². The number of nitriles is 1. The predicted octanol–water partition coefficient (Wildman–Crippen LogP) is 6.50. The second kappa shape index (κ2) is 9.85. The van der Waals surface area contributed by atoms with Gasteiger partial charge in [-0.2, -0.15) is 5.26 Å². The molecule has 0 aliphatic heterocycles. The highest BCUT2D eigenvalue weighted by molar-refractivity contribution is 7.20. The third kappa shape index (κ3) is 3.86. The van der Waals surface area contributed by atoms with Gasteiger partial charge in [0.2, 0.25) is 0 Å². The molecule has 0 spiro atoms. The average molecular weight is 528 g/mol. The smallest absolute Gasteiger partial charge is 0.179 e. The lowest BCUT2D eigenvalue weighted by atomic mass is 10.0. The molecule has 188 valence electrons. The average Bonchev–Trinajstić information content (AvgIpc) is 3.41. The number of para-hydroxylation sites is 1. The number of hydrogen-bond acceptors (Lipinski definition) is 2. The summed E-state index contributed by atoms with van der Waals surface area (Å²) in [7, 11) is -2.77. The summed E-state index contributed by atoms with van der Waals surface area (Å²) in [4.78, 5) is 0. The zero-order valence-corrected chi connectivity index (χ0v) is 22.8. The van der Waals surface area contributed by atoms with Crippen molar-refractivity contribution in [3.63, 3.8) is 0 Å². The van der Waals surface area contributed by atoms with Crippen molar-refractivity contribution in [2.24, 2.45) is 0 Å². The van der Waals surface area contributed by atoms with Crippen molar-refractivity contribution < 1.29 is 4.42 Å². The van der Waals surface area contributed by atoms with Crippen molar-refractivity contribution in [1.29, 1.82) is 5.26 Å². The molecule has 0 amide bonds. The van der Waals surface area contributed by atoms with Gasteiger partial charge >= 0.3 is 0 Å². The Balaban J connectivity index is 1.57. The molecule has 1 heterocycles. The SMILES string of the molecule is N#Cc1cccc(-c2cccc([Si](c3ccccc3)(c3ccccc3)c3ccc4oc5ccccc5c4c3)c2)c1. The van der Waals surface area contributed by atoms with Crippen molar-refractivity contribution >= 4 is 50.8 Å². The van der Waals surface area contributed by atoms with Gasteiger partial charge in [0.25, 0.3) is 0 Å². The maximum atomic E-state index is 9.53. The lowest BCUT2D eigenvalue weighted by Crippen LogP contribution is -2.74. The Morgan fingerprint density at radius 2 is 1.02 bits per heavy atom. The zero-order chi connectivity index (χ0) is 26.9. The molecular weight excluding hydrogens is 502 g/mol. The van der Waals surface area contributed by atoms with E-state index < -0.39 is 8.07 Å². The molecule has 7 rings (SSSR count). The fraction of sp³-hybridized carbons (Fsp3) is 0. The van der Waals surface area contributed by atoms with Gasteiger partial charge in [-0.05, 0) is 56.1 Å². The van der Waals surface area contributed by atoms with Crippen molar-refractivity contribution in [2.45, 2.75) is 0 Å². The number of furan rings is 1. The molecule has 0 bridgehead atoms. The van der Waals surface area contributed by atoms with E-state index in [2.05, 4.69) is 127 Å². The van der Waals surface area contributed by atoms with E-state index in [1.165, 1.54) is 20.7 Å². The minimum Gasteiger partial charge on any atom is -0.456 e. The van der Waals surface area contributed by atoms with Gasteiger partial charge in [0.05, 0.1) is 11.6 Å². The standard InChI is InChI=1S/C37H25NOSi/c38-26-27-11-9-12-28(23-27)29-13-10-18-32(24-29)40(30-14-3-1-4-15-30,31-16-5-2-6-17-31)33-21-22-37-35(25-33)34-19-7-8-20-36(34)39-37/h1-25H. The highest BCUT2D eigenvalue weighted by Crippen LogP contribution is 2.28. The minimum atomic E-state index is -2.77. The van der Waals surface area contributed by atoms with E-state index in [1.54, 1.807) is 0 Å². The van der Waals surface area contributed by atoms with Gasteiger partial charge in [0.1, 0.15) is 11.2 Å². The van der Waals surface area contributed by atoms with Gasteiger partial charge in [-0.3, -0.25) is 0 Å². The second-order valence-corrected chi connectivity index (χ2v) is 13.9. The van der Waals surface area contributed by atoms with E-state index in [0.717, 1.165) is 33.1 Å². The van der Waals surface area contributed by atoms with Crippen LogP contribution in [0.15, 0.2) is 156 Å². The van der Waals surface area contributed by atoms with Crippen LogP contribution in [-0.4, -0.2) is 8.07 Å². The van der Waals surface area contributed by atoms with Crippen molar-refractivity contribution in [1.82, 2.24) is 0 Å². The molecule has 0 fully saturated rings. The summed E-state index contributed by atoms with van der Waals surface area (Å²) in [5.74, 6) is 0. The van der Waals surface area contributed by atoms with Crippen LogP contribution in [0.1, 0.15) is 5.56 Å². The van der Waals surface area contributed by atoms with E-state index in [1.807, 2.05) is 30.3 Å². The summed E-state index contributed by atoms with van der Waals surface area (Å²) in [6, 6.07) is 55.9. The summed E-state index contributed by atoms with van der Waals surface area (Å²) in [5, 5.41) is 17.0. The van der Waals surface area contributed by atoms with Crippen LogP contribution >= 0.6 is 0 Å². The molecule has 0 unspecified atom stereocenters. The van der Waals surface area contributed by atoms with Crippen LogP contribution in [0.2, 0.25) is 0 Å². The van der Waals surface area contributed by atoms with E-state index in [4.69, 9.17) is 4.42 Å². The van der Waals surface area contributed by atoms with E-state index >= 15 is 0 Å². The zero-order valence-electron chi connectivity index (χ0n) is 21.8. The molecule has 1 aromatic heterocycles. The quantitative estimate of drug-likeness (QED) is 0.189. The summed E-state index contributed by atoms with van der Waals surface area (Å²) in [5.41, 5.74) is 4.61. The molecule has 40 heavy (non-hydrogen) atoms. The number of nitrogens with zero attached hydrogens (tertiary/aromatic N) is 1. The van der Waals surface area contributed by atoms with Gasteiger partial charge in [-0.15, -0.1) is 0 Å². The van der Waals surface area contributed by atoms with Crippen LogP contribution in [0.3, 0.4) is 0 Å². The molecule has 2 nitrogen and oxygen atoms in total.